The van der Waals surface area contributed by atoms with Crippen LogP contribution in [0.15, 0.2) is 18.3 Å². The van der Waals surface area contributed by atoms with Crippen LogP contribution in [0.5, 0.6) is 5.75 Å². The molecule has 2 heterocycles. The SMILES string of the molecule is CC(=O)c1ccc(OC2CN(C(=O)OC(C)(C)C)C2)cn1. The number of likely N-dealkylation sites (tertiary alicyclic amines) is 1. The maximum Gasteiger partial charge on any atom is 0.410 e. The molecule has 1 aliphatic heterocycles. The average Bonchev–Trinajstić information content (AvgIpc) is 2.31. The van der Waals surface area contributed by atoms with Gasteiger partial charge >= 0.3 is 6.09 Å². The fraction of sp³-hybridized carbons (Fsp3) is 0.533. The maximum absolute atomic E-state index is 11.8. The Bertz CT molecular complexity index is 528. The van der Waals surface area contributed by atoms with E-state index in [1.165, 1.54) is 13.1 Å². The first kappa shape index (κ1) is 15.3. The van der Waals surface area contributed by atoms with E-state index in [1.54, 1.807) is 17.0 Å². The monoisotopic (exact) mass is 292 g/mol. The normalized spacial score (nSPS) is 15.3. The van der Waals surface area contributed by atoms with Gasteiger partial charge in [0, 0.05) is 6.92 Å². The number of ether oxygens (including phenoxy) is 2. The van der Waals surface area contributed by atoms with Gasteiger partial charge in [-0.1, -0.05) is 0 Å². The van der Waals surface area contributed by atoms with Gasteiger partial charge < -0.3 is 14.4 Å². The van der Waals surface area contributed by atoms with Gasteiger partial charge in [-0.2, -0.15) is 0 Å². The zero-order valence-electron chi connectivity index (χ0n) is 12.8. The Hall–Kier alpha value is -2.11. The van der Waals surface area contributed by atoms with Crippen LogP contribution in [0, 0.1) is 0 Å². The predicted octanol–water partition coefficient (Wildman–Crippen LogP) is 2.28. The quantitative estimate of drug-likeness (QED) is 0.799. The second kappa shape index (κ2) is 5.71. The van der Waals surface area contributed by atoms with Crippen LogP contribution in [0.3, 0.4) is 0 Å². The predicted molar refractivity (Wildman–Crippen MR) is 76.5 cm³/mol. The van der Waals surface area contributed by atoms with Gasteiger partial charge in [-0.3, -0.25) is 4.79 Å². The third kappa shape index (κ3) is 4.18. The molecule has 0 bridgehead atoms. The maximum atomic E-state index is 11.8. The van der Waals surface area contributed by atoms with Gasteiger partial charge in [0.1, 0.15) is 23.1 Å². The summed E-state index contributed by atoms with van der Waals surface area (Å²) in [6, 6.07) is 3.34. The van der Waals surface area contributed by atoms with Gasteiger partial charge in [0.2, 0.25) is 0 Å². The van der Waals surface area contributed by atoms with Crippen LogP contribution in [0.25, 0.3) is 0 Å². The summed E-state index contributed by atoms with van der Waals surface area (Å²) in [5.74, 6) is 0.509. The van der Waals surface area contributed by atoms with E-state index in [2.05, 4.69) is 4.98 Å². The number of hydrogen-bond acceptors (Lipinski definition) is 5. The van der Waals surface area contributed by atoms with Crippen LogP contribution >= 0.6 is 0 Å². The molecule has 1 aliphatic rings. The van der Waals surface area contributed by atoms with Crippen molar-refractivity contribution in [2.24, 2.45) is 0 Å². The number of nitrogens with zero attached hydrogens (tertiary/aromatic N) is 2. The number of carbonyl (C=O) groups is 2. The van der Waals surface area contributed by atoms with Crippen molar-refractivity contribution >= 4 is 11.9 Å². The van der Waals surface area contributed by atoms with E-state index in [0.29, 0.717) is 24.5 Å². The Morgan fingerprint density at radius 1 is 1.29 bits per heavy atom. The van der Waals surface area contributed by atoms with Gasteiger partial charge in [-0.25, -0.2) is 9.78 Å². The van der Waals surface area contributed by atoms with E-state index < -0.39 is 5.60 Å². The van der Waals surface area contributed by atoms with Gasteiger partial charge in [0.15, 0.2) is 5.78 Å². The van der Waals surface area contributed by atoms with E-state index in [0.717, 1.165) is 0 Å². The van der Waals surface area contributed by atoms with E-state index >= 15 is 0 Å². The second-order valence-electron chi connectivity index (χ2n) is 6.06. The molecule has 0 saturated carbocycles. The van der Waals surface area contributed by atoms with Crippen molar-refractivity contribution in [3.8, 4) is 5.75 Å². The van der Waals surface area contributed by atoms with Crippen LogP contribution in [-0.4, -0.2) is 46.6 Å². The Balaban J connectivity index is 1.80. The number of rotatable bonds is 3. The highest BCUT2D eigenvalue weighted by Crippen LogP contribution is 2.20. The van der Waals surface area contributed by atoms with Gasteiger partial charge in [0.25, 0.3) is 0 Å². The Morgan fingerprint density at radius 2 is 1.95 bits per heavy atom. The molecule has 0 aromatic carbocycles. The number of Topliss-reactive ketones (excluding diaryl/α,β-unsaturated/α-hetero) is 1. The Labute approximate surface area is 124 Å². The average molecular weight is 292 g/mol. The number of carbonyl (C=O) groups excluding carboxylic acids is 2. The zero-order valence-corrected chi connectivity index (χ0v) is 12.8. The largest absolute Gasteiger partial charge is 0.485 e. The standard InChI is InChI=1S/C15H20N2O4/c1-10(18)13-6-5-11(7-16-13)20-12-8-17(9-12)14(19)21-15(2,3)4/h5-7,12H,8-9H2,1-4H3. The third-order valence-electron chi connectivity index (χ3n) is 2.90. The third-order valence-corrected chi connectivity index (χ3v) is 2.90. The molecule has 1 fully saturated rings. The fourth-order valence-electron chi connectivity index (χ4n) is 1.84. The number of hydrogen-bond donors (Lipinski definition) is 0. The molecule has 2 rings (SSSR count). The molecule has 0 aliphatic carbocycles. The minimum atomic E-state index is -0.491. The van der Waals surface area contributed by atoms with E-state index in [4.69, 9.17) is 9.47 Å². The number of pyridine rings is 1. The summed E-state index contributed by atoms with van der Waals surface area (Å²) < 4.78 is 10.9. The van der Waals surface area contributed by atoms with Crippen molar-refractivity contribution in [1.82, 2.24) is 9.88 Å². The lowest BCUT2D eigenvalue weighted by Crippen LogP contribution is -2.57. The first-order chi connectivity index (χ1) is 9.74. The molecular formula is C15H20N2O4. The highest BCUT2D eigenvalue weighted by atomic mass is 16.6. The van der Waals surface area contributed by atoms with Crippen molar-refractivity contribution in [2.75, 3.05) is 13.1 Å². The Morgan fingerprint density at radius 3 is 2.43 bits per heavy atom. The molecular weight excluding hydrogens is 272 g/mol. The molecule has 6 heteroatoms. The lowest BCUT2D eigenvalue weighted by atomic mass is 10.1. The van der Waals surface area contributed by atoms with Crippen molar-refractivity contribution < 1.29 is 19.1 Å². The molecule has 0 atom stereocenters. The van der Waals surface area contributed by atoms with Crippen LogP contribution in [0.4, 0.5) is 4.79 Å². The number of aromatic nitrogens is 1. The van der Waals surface area contributed by atoms with Crippen molar-refractivity contribution in [3.63, 3.8) is 0 Å². The van der Waals surface area contributed by atoms with E-state index in [1.807, 2.05) is 20.8 Å². The molecule has 0 N–H and O–H groups in total. The summed E-state index contributed by atoms with van der Waals surface area (Å²) in [6.45, 7) is 7.95. The first-order valence-corrected chi connectivity index (χ1v) is 6.86. The van der Waals surface area contributed by atoms with E-state index in [-0.39, 0.29) is 18.0 Å². The number of amides is 1. The zero-order chi connectivity index (χ0) is 15.6. The van der Waals surface area contributed by atoms with Crippen LogP contribution < -0.4 is 4.74 Å². The molecule has 114 valence electrons. The second-order valence-corrected chi connectivity index (χ2v) is 6.06. The highest BCUT2D eigenvalue weighted by molar-refractivity contribution is 5.92. The van der Waals surface area contributed by atoms with Crippen molar-refractivity contribution in [3.05, 3.63) is 24.0 Å². The van der Waals surface area contributed by atoms with Crippen molar-refractivity contribution in [2.45, 2.75) is 39.4 Å². The molecule has 1 saturated heterocycles. The van der Waals surface area contributed by atoms with Gasteiger partial charge in [0.05, 0.1) is 19.3 Å². The summed E-state index contributed by atoms with van der Waals surface area (Å²) in [7, 11) is 0. The number of ketones is 1. The lowest BCUT2D eigenvalue weighted by molar-refractivity contribution is -0.0222. The molecule has 0 radical (unpaired) electrons. The van der Waals surface area contributed by atoms with E-state index in [9.17, 15) is 9.59 Å². The minimum absolute atomic E-state index is 0.0671. The Kier molecular flexibility index (Phi) is 4.16. The van der Waals surface area contributed by atoms with Gasteiger partial charge in [-0.15, -0.1) is 0 Å². The highest BCUT2D eigenvalue weighted by Gasteiger charge is 2.35. The smallest absolute Gasteiger partial charge is 0.410 e. The van der Waals surface area contributed by atoms with Gasteiger partial charge in [-0.05, 0) is 32.9 Å². The molecule has 21 heavy (non-hydrogen) atoms. The van der Waals surface area contributed by atoms with Crippen LogP contribution in [0.2, 0.25) is 0 Å². The topological polar surface area (TPSA) is 68.7 Å². The summed E-state index contributed by atoms with van der Waals surface area (Å²) in [5, 5.41) is 0. The summed E-state index contributed by atoms with van der Waals surface area (Å²) in [4.78, 5) is 28.5. The molecule has 0 spiro atoms. The first-order valence-electron chi connectivity index (χ1n) is 6.86. The summed E-state index contributed by atoms with van der Waals surface area (Å²) in [6.07, 6.45) is 1.13. The van der Waals surface area contributed by atoms with Crippen LogP contribution in [-0.2, 0) is 4.74 Å². The molecule has 1 aromatic heterocycles. The minimum Gasteiger partial charge on any atom is -0.485 e. The molecule has 6 nitrogen and oxygen atoms in total. The molecule has 0 unspecified atom stereocenters. The van der Waals surface area contributed by atoms with Crippen LogP contribution in [0.1, 0.15) is 38.2 Å². The van der Waals surface area contributed by atoms with Crippen molar-refractivity contribution in [1.29, 1.82) is 0 Å². The lowest BCUT2D eigenvalue weighted by Gasteiger charge is -2.39. The molecule has 1 amide bonds. The fourth-order valence-corrected chi connectivity index (χ4v) is 1.84. The molecule has 1 aromatic rings. The summed E-state index contributed by atoms with van der Waals surface area (Å²) >= 11 is 0. The summed E-state index contributed by atoms with van der Waals surface area (Å²) in [5.41, 5.74) is -0.0820.